The van der Waals surface area contributed by atoms with Crippen molar-refractivity contribution in [1.29, 1.82) is 0 Å². The van der Waals surface area contributed by atoms with Crippen molar-refractivity contribution in [2.75, 3.05) is 12.0 Å². The van der Waals surface area contributed by atoms with Crippen LogP contribution >= 0.6 is 19.8 Å². The van der Waals surface area contributed by atoms with Crippen LogP contribution in [-0.4, -0.2) is 40.6 Å². The van der Waals surface area contributed by atoms with E-state index in [9.17, 15) is 19.0 Å². The lowest BCUT2D eigenvalue weighted by atomic mass is 10.00. The SMILES string of the molecule is CSCC([P+](=O)[O-])C(N)(C=O)C(=O)O. The van der Waals surface area contributed by atoms with E-state index in [-0.39, 0.29) is 12.0 Å². The Morgan fingerprint density at radius 3 is 2.57 bits per heavy atom. The van der Waals surface area contributed by atoms with Crippen molar-refractivity contribution in [3.8, 4) is 0 Å². The Bertz CT molecular complexity index is 261. The molecule has 0 aromatic heterocycles. The molecule has 0 aliphatic rings. The third-order valence-corrected chi connectivity index (χ3v) is 3.73. The lowest BCUT2D eigenvalue weighted by Crippen LogP contribution is -2.59. The first-order valence-corrected chi connectivity index (χ1v) is 6.15. The minimum atomic E-state index is -3.05. The molecule has 0 bridgehead atoms. The lowest BCUT2D eigenvalue weighted by molar-refractivity contribution is -0.169. The van der Waals surface area contributed by atoms with Crippen LogP contribution in [0.4, 0.5) is 0 Å². The van der Waals surface area contributed by atoms with Gasteiger partial charge < -0.3 is 20.5 Å². The highest BCUT2D eigenvalue weighted by atomic mass is 32.2. The first-order chi connectivity index (χ1) is 6.40. The molecular formula is C6H10NO5PS. The summed E-state index contributed by atoms with van der Waals surface area (Å²) in [5.41, 5.74) is 1.47. The molecule has 8 heteroatoms. The molecule has 6 nitrogen and oxygen atoms in total. The predicted octanol–water partition coefficient (Wildman–Crippen LogP) is -1.20. The molecule has 0 saturated heterocycles. The topological polar surface area (TPSA) is 121 Å². The van der Waals surface area contributed by atoms with Crippen molar-refractivity contribution >= 4 is 32.0 Å². The number of nitrogens with two attached hydrogens (primary N) is 1. The average Bonchev–Trinajstić information content (AvgIpc) is 2.12. The van der Waals surface area contributed by atoms with Gasteiger partial charge >= 0.3 is 14.0 Å². The number of carbonyl (C=O) groups excluding carboxylic acids is 1. The molecule has 0 amide bonds. The van der Waals surface area contributed by atoms with Crippen molar-refractivity contribution < 1.29 is 24.2 Å². The number of rotatable bonds is 6. The van der Waals surface area contributed by atoms with Gasteiger partial charge in [-0.25, -0.2) is 4.79 Å². The van der Waals surface area contributed by atoms with Gasteiger partial charge in [-0.05, 0) is 6.26 Å². The summed E-state index contributed by atoms with van der Waals surface area (Å²) in [6.45, 7) is 0. The fourth-order valence-corrected chi connectivity index (χ4v) is 2.85. The molecule has 0 aliphatic heterocycles. The second-order valence-corrected chi connectivity index (χ2v) is 4.72. The van der Waals surface area contributed by atoms with Crippen LogP contribution in [-0.2, 0) is 14.2 Å². The molecular weight excluding hydrogens is 229 g/mol. The number of hydrogen-bond acceptors (Lipinski definition) is 6. The van der Waals surface area contributed by atoms with Gasteiger partial charge in [0.1, 0.15) is 0 Å². The smallest absolute Gasteiger partial charge is 0.336 e. The van der Waals surface area contributed by atoms with Gasteiger partial charge in [-0.3, -0.25) is 0 Å². The average molecular weight is 239 g/mol. The van der Waals surface area contributed by atoms with E-state index in [1.165, 1.54) is 0 Å². The molecule has 3 atom stereocenters. The maximum absolute atomic E-state index is 10.7. The highest BCUT2D eigenvalue weighted by Gasteiger charge is 2.50. The molecule has 0 aromatic rings. The molecule has 0 heterocycles. The van der Waals surface area contributed by atoms with Gasteiger partial charge in [0, 0.05) is 5.75 Å². The lowest BCUT2D eigenvalue weighted by Gasteiger charge is -2.21. The summed E-state index contributed by atoms with van der Waals surface area (Å²) >= 11 is 1.11. The van der Waals surface area contributed by atoms with E-state index in [2.05, 4.69) is 0 Å². The predicted molar refractivity (Wildman–Crippen MR) is 50.4 cm³/mol. The molecule has 0 rings (SSSR count). The summed E-state index contributed by atoms with van der Waals surface area (Å²) in [7, 11) is -3.05. The Kier molecular flexibility index (Phi) is 5.22. The molecule has 0 radical (unpaired) electrons. The van der Waals surface area contributed by atoms with Gasteiger partial charge in [-0.15, -0.1) is 0 Å². The van der Waals surface area contributed by atoms with Crippen LogP contribution in [0, 0.1) is 0 Å². The summed E-state index contributed by atoms with van der Waals surface area (Å²) in [5.74, 6) is -1.66. The van der Waals surface area contributed by atoms with Crippen molar-refractivity contribution in [1.82, 2.24) is 0 Å². The zero-order valence-electron chi connectivity index (χ0n) is 7.37. The number of thioether (sulfide) groups is 1. The third-order valence-electron chi connectivity index (χ3n) is 1.70. The van der Waals surface area contributed by atoms with E-state index in [4.69, 9.17) is 10.8 Å². The van der Waals surface area contributed by atoms with Crippen LogP contribution < -0.4 is 10.6 Å². The first-order valence-electron chi connectivity index (χ1n) is 3.51. The van der Waals surface area contributed by atoms with E-state index >= 15 is 0 Å². The molecule has 3 unspecified atom stereocenters. The van der Waals surface area contributed by atoms with E-state index in [1.54, 1.807) is 6.26 Å². The minimum absolute atomic E-state index is 0.0275. The van der Waals surface area contributed by atoms with E-state index in [0.29, 0.717) is 0 Å². The molecule has 0 saturated carbocycles. The molecule has 80 valence electrons. The summed E-state index contributed by atoms with van der Waals surface area (Å²) < 4.78 is 10.7. The van der Waals surface area contributed by atoms with Crippen molar-refractivity contribution in [2.45, 2.75) is 11.2 Å². The minimum Gasteiger partial charge on any atom is -0.595 e. The number of carbonyl (C=O) groups is 2. The number of hydrogen-bond donors (Lipinski definition) is 2. The Morgan fingerprint density at radius 1 is 1.86 bits per heavy atom. The van der Waals surface area contributed by atoms with Crippen molar-refractivity contribution in [3.63, 3.8) is 0 Å². The standard InChI is InChI=1S/C6H10NO5PS/c1-14-2-4(13(11)12)6(7,3-8)5(9)10/h3-4H,2,7H2,1H3,(H,9,10). The highest BCUT2D eigenvalue weighted by molar-refractivity contribution is 7.98. The van der Waals surface area contributed by atoms with Gasteiger partial charge in [-0.2, -0.15) is 11.8 Å². The summed E-state index contributed by atoms with van der Waals surface area (Å²) in [5, 5.41) is 8.65. The quantitative estimate of drug-likeness (QED) is 0.339. The van der Waals surface area contributed by atoms with Gasteiger partial charge in [0.2, 0.25) is 5.54 Å². The highest BCUT2D eigenvalue weighted by Crippen LogP contribution is 2.29. The van der Waals surface area contributed by atoms with Gasteiger partial charge in [0.15, 0.2) is 11.9 Å². The maximum atomic E-state index is 10.7. The monoisotopic (exact) mass is 239 g/mol. The Balaban J connectivity index is 5.02. The second-order valence-electron chi connectivity index (χ2n) is 2.61. The molecule has 0 spiro atoms. The number of carboxylic acid groups (broad SMARTS) is 1. The van der Waals surface area contributed by atoms with Crippen LogP contribution in [0.25, 0.3) is 0 Å². The van der Waals surface area contributed by atoms with E-state index in [0.717, 1.165) is 11.8 Å². The van der Waals surface area contributed by atoms with Crippen LogP contribution in [0.15, 0.2) is 0 Å². The summed E-state index contributed by atoms with van der Waals surface area (Å²) in [6.07, 6.45) is 1.56. The summed E-state index contributed by atoms with van der Waals surface area (Å²) in [4.78, 5) is 31.9. The van der Waals surface area contributed by atoms with E-state index < -0.39 is 25.2 Å². The fraction of sp³-hybridized carbons (Fsp3) is 0.667. The number of aliphatic carboxylic acids is 1. The molecule has 0 aliphatic carbocycles. The normalized spacial score (nSPS) is 18.1. The maximum Gasteiger partial charge on any atom is 0.336 e. The largest absolute Gasteiger partial charge is 0.595 e. The summed E-state index contributed by atoms with van der Waals surface area (Å²) in [6, 6.07) is 0. The van der Waals surface area contributed by atoms with Crippen LogP contribution in [0.1, 0.15) is 0 Å². The number of carboxylic acids is 1. The van der Waals surface area contributed by atoms with Gasteiger partial charge in [0.05, 0.1) is 0 Å². The third kappa shape index (κ3) is 2.75. The Hall–Kier alpha value is -0.490. The molecule has 0 aromatic carbocycles. The van der Waals surface area contributed by atoms with Crippen LogP contribution in [0.3, 0.4) is 0 Å². The Labute approximate surface area is 85.7 Å². The molecule has 0 fully saturated rings. The first kappa shape index (κ1) is 13.5. The fourth-order valence-electron chi connectivity index (χ4n) is 0.803. The van der Waals surface area contributed by atoms with Gasteiger partial charge in [-0.1, -0.05) is 4.57 Å². The molecule has 14 heavy (non-hydrogen) atoms. The van der Waals surface area contributed by atoms with Crippen LogP contribution in [0.5, 0.6) is 0 Å². The Morgan fingerprint density at radius 2 is 2.36 bits per heavy atom. The zero-order chi connectivity index (χ0) is 11.4. The number of aldehydes is 1. The molecule has 3 N–H and O–H groups in total. The van der Waals surface area contributed by atoms with Crippen LogP contribution in [0.2, 0.25) is 0 Å². The van der Waals surface area contributed by atoms with Gasteiger partial charge in [0.25, 0.3) is 0 Å². The zero-order valence-corrected chi connectivity index (χ0v) is 9.09. The second kappa shape index (κ2) is 5.41. The van der Waals surface area contributed by atoms with E-state index in [1.807, 2.05) is 0 Å². The van der Waals surface area contributed by atoms with Crippen molar-refractivity contribution in [2.24, 2.45) is 5.73 Å². The van der Waals surface area contributed by atoms with Crippen molar-refractivity contribution in [3.05, 3.63) is 0 Å².